The molecule has 1 heterocycles. The topological polar surface area (TPSA) is 84.2 Å². The first kappa shape index (κ1) is 16.0. The van der Waals surface area contributed by atoms with Crippen LogP contribution in [0.4, 0.5) is 0 Å². The highest BCUT2D eigenvalue weighted by molar-refractivity contribution is 5.80. The van der Waals surface area contributed by atoms with Gasteiger partial charge in [-0.1, -0.05) is 19.1 Å². The lowest BCUT2D eigenvalue weighted by molar-refractivity contribution is -0.138. The van der Waals surface area contributed by atoms with E-state index in [9.17, 15) is 9.59 Å². The average molecular weight is 303 g/mol. The van der Waals surface area contributed by atoms with Crippen LogP contribution in [0, 0.1) is 0 Å². The number of hydrogen-bond donors (Lipinski definition) is 2. The number of carbonyl (C=O) groups is 2. The van der Waals surface area contributed by atoms with Gasteiger partial charge in [0.1, 0.15) is 5.82 Å². The van der Waals surface area contributed by atoms with Crippen molar-refractivity contribution in [1.29, 1.82) is 0 Å². The van der Waals surface area contributed by atoms with E-state index in [0.717, 1.165) is 29.8 Å². The molecule has 118 valence electrons. The van der Waals surface area contributed by atoms with E-state index in [1.165, 1.54) is 0 Å². The fourth-order valence-corrected chi connectivity index (χ4v) is 2.41. The number of rotatable bonds is 8. The maximum atomic E-state index is 11.5. The van der Waals surface area contributed by atoms with Crippen LogP contribution in [0.5, 0.6) is 0 Å². The molecule has 0 unspecified atom stereocenters. The number of carboxylic acid groups (broad SMARTS) is 1. The molecule has 2 aromatic rings. The highest BCUT2D eigenvalue weighted by Crippen LogP contribution is 2.16. The minimum absolute atomic E-state index is 0.0146. The summed E-state index contributed by atoms with van der Waals surface area (Å²) in [7, 11) is 0. The zero-order valence-corrected chi connectivity index (χ0v) is 12.7. The maximum absolute atomic E-state index is 11.5. The van der Waals surface area contributed by atoms with E-state index in [0.29, 0.717) is 13.0 Å². The highest BCUT2D eigenvalue weighted by Gasteiger charge is 2.10. The molecular weight excluding hydrogens is 282 g/mol. The number of benzene rings is 1. The van der Waals surface area contributed by atoms with Crippen LogP contribution in [0.15, 0.2) is 24.3 Å². The molecule has 6 nitrogen and oxygen atoms in total. The number of aryl methyl sites for hydroxylation is 1. The molecule has 0 radical (unpaired) electrons. The number of carbonyl (C=O) groups excluding carboxylic acids is 1. The van der Waals surface area contributed by atoms with E-state index >= 15 is 0 Å². The number of carboxylic acids is 1. The fourth-order valence-electron chi connectivity index (χ4n) is 2.41. The van der Waals surface area contributed by atoms with Crippen molar-refractivity contribution in [3.05, 3.63) is 30.1 Å². The molecule has 0 fully saturated rings. The average Bonchev–Trinajstić information content (AvgIpc) is 2.84. The molecule has 1 aromatic heterocycles. The molecule has 1 amide bonds. The summed E-state index contributed by atoms with van der Waals surface area (Å²) < 4.78 is 2.18. The van der Waals surface area contributed by atoms with Crippen molar-refractivity contribution in [3.8, 4) is 0 Å². The van der Waals surface area contributed by atoms with Gasteiger partial charge < -0.3 is 15.0 Å². The predicted molar refractivity (Wildman–Crippen MR) is 83.6 cm³/mol. The van der Waals surface area contributed by atoms with E-state index in [1.807, 2.05) is 24.3 Å². The minimum atomic E-state index is -0.958. The van der Waals surface area contributed by atoms with Crippen LogP contribution in [0.25, 0.3) is 11.0 Å². The first-order valence-corrected chi connectivity index (χ1v) is 7.54. The van der Waals surface area contributed by atoms with Crippen LogP contribution in [-0.4, -0.2) is 33.1 Å². The molecule has 0 aliphatic rings. The summed E-state index contributed by atoms with van der Waals surface area (Å²) in [4.78, 5) is 26.6. The molecule has 0 spiro atoms. The Labute approximate surface area is 129 Å². The Morgan fingerprint density at radius 2 is 2.05 bits per heavy atom. The Hall–Kier alpha value is -2.37. The summed E-state index contributed by atoms with van der Waals surface area (Å²) in [5.41, 5.74) is 2.07. The lowest BCUT2D eigenvalue weighted by Crippen LogP contribution is -2.26. The van der Waals surface area contributed by atoms with E-state index < -0.39 is 5.97 Å². The summed E-state index contributed by atoms with van der Waals surface area (Å²) in [5, 5.41) is 11.3. The van der Waals surface area contributed by atoms with Gasteiger partial charge in [-0.2, -0.15) is 0 Å². The van der Waals surface area contributed by atoms with Gasteiger partial charge in [0.2, 0.25) is 5.91 Å². The largest absolute Gasteiger partial charge is 0.481 e. The van der Waals surface area contributed by atoms with E-state index in [-0.39, 0.29) is 18.7 Å². The Balaban J connectivity index is 1.97. The van der Waals surface area contributed by atoms with Crippen molar-refractivity contribution in [2.24, 2.45) is 0 Å². The Morgan fingerprint density at radius 1 is 1.27 bits per heavy atom. The number of imidazole rings is 1. The second-order valence-corrected chi connectivity index (χ2v) is 5.16. The zero-order chi connectivity index (χ0) is 15.9. The van der Waals surface area contributed by atoms with Crippen molar-refractivity contribution >= 4 is 22.9 Å². The molecule has 0 aliphatic heterocycles. The Bertz CT molecular complexity index is 664. The first-order chi connectivity index (χ1) is 10.6. The van der Waals surface area contributed by atoms with Gasteiger partial charge in [0.25, 0.3) is 0 Å². The van der Waals surface area contributed by atoms with Crippen LogP contribution in [-0.2, 0) is 22.6 Å². The van der Waals surface area contributed by atoms with Gasteiger partial charge in [0, 0.05) is 25.9 Å². The Morgan fingerprint density at radius 3 is 2.77 bits per heavy atom. The number of nitrogens with zero attached hydrogens (tertiary/aromatic N) is 2. The summed E-state index contributed by atoms with van der Waals surface area (Å²) in [5.74, 6) is -0.248. The van der Waals surface area contributed by atoms with Crippen molar-refractivity contribution in [2.45, 2.75) is 39.2 Å². The third kappa shape index (κ3) is 4.07. The van der Waals surface area contributed by atoms with Gasteiger partial charge >= 0.3 is 5.97 Å². The third-order valence-electron chi connectivity index (χ3n) is 3.42. The Kier molecular flexibility index (Phi) is 5.52. The predicted octanol–water partition coefficient (Wildman–Crippen LogP) is 1.97. The van der Waals surface area contributed by atoms with Crippen LogP contribution in [0.2, 0.25) is 0 Å². The van der Waals surface area contributed by atoms with Gasteiger partial charge in [0.05, 0.1) is 17.5 Å². The molecule has 22 heavy (non-hydrogen) atoms. The third-order valence-corrected chi connectivity index (χ3v) is 3.42. The van der Waals surface area contributed by atoms with Gasteiger partial charge in [-0.3, -0.25) is 9.59 Å². The van der Waals surface area contributed by atoms with Crippen LogP contribution >= 0.6 is 0 Å². The van der Waals surface area contributed by atoms with Crippen LogP contribution < -0.4 is 5.32 Å². The van der Waals surface area contributed by atoms with Crippen molar-refractivity contribution in [2.75, 3.05) is 6.54 Å². The van der Waals surface area contributed by atoms with Gasteiger partial charge in [-0.15, -0.1) is 0 Å². The number of nitrogens with one attached hydrogen (secondary N) is 1. The number of amides is 1. The van der Waals surface area contributed by atoms with Crippen molar-refractivity contribution in [3.63, 3.8) is 0 Å². The lowest BCUT2D eigenvalue weighted by Gasteiger charge is -2.08. The van der Waals surface area contributed by atoms with Crippen molar-refractivity contribution < 1.29 is 14.7 Å². The van der Waals surface area contributed by atoms with E-state index in [4.69, 9.17) is 5.11 Å². The molecule has 0 aliphatic carbocycles. The lowest BCUT2D eigenvalue weighted by atomic mass is 10.3. The molecule has 6 heteroatoms. The van der Waals surface area contributed by atoms with Crippen molar-refractivity contribution in [1.82, 2.24) is 14.9 Å². The number of aromatic nitrogens is 2. The standard InChI is InChI=1S/C16H21N3O3/c1-2-11-19-13-6-4-3-5-12(13)18-14(19)9-10-17-15(20)7-8-16(21)22/h3-6H,2,7-11H2,1H3,(H,17,20)(H,21,22). The summed E-state index contributed by atoms with van der Waals surface area (Å²) in [6.45, 7) is 3.47. The zero-order valence-electron chi connectivity index (χ0n) is 12.7. The van der Waals surface area contributed by atoms with Gasteiger partial charge in [-0.05, 0) is 18.6 Å². The highest BCUT2D eigenvalue weighted by atomic mass is 16.4. The molecule has 0 bridgehead atoms. The summed E-state index contributed by atoms with van der Waals surface area (Å²) in [6, 6.07) is 7.99. The number of para-hydroxylation sites is 2. The molecule has 0 saturated carbocycles. The van der Waals surface area contributed by atoms with Crippen LogP contribution in [0.1, 0.15) is 32.0 Å². The van der Waals surface area contributed by atoms with E-state index in [1.54, 1.807) is 0 Å². The monoisotopic (exact) mass is 303 g/mol. The molecule has 2 rings (SSSR count). The normalized spacial score (nSPS) is 10.8. The molecule has 0 atom stereocenters. The van der Waals surface area contributed by atoms with Crippen LogP contribution in [0.3, 0.4) is 0 Å². The maximum Gasteiger partial charge on any atom is 0.303 e. The molecule has 0 saturated heterocycles. The fraction of sp³-hybridized carbons (Fsp3) is 0.438. The second-order valence-electron chi connectivity index (χ2n) is 5.16. The van der Waals surface area contributed by atoms with Gasteiger partial charge in [-0.25, -0.2) is 4.98 Å². The number of aliphatic carboxylic acids is 1. The van der Waals surface area contributed by atoms with Gasteiger partial charge in [0.15, 0.2) is 0 Å². The summed E-state index contributed by atoms with van der Waals surface area (Å²) in [6.07, 6.45) is 1.52. The quantitative estimate of drug-likeness (QED) is 0.781. The minimum Gasteiger partial charge on any atom is -0.481 e. The SMILES string of the molecule is CCCn1c(CCNC(=O)CCC(=O)O)nc2ccccc21. The molecule has 1 aromatic carbocycles. The molecule has 2 N–H and O–H groups in total. The van der Waals surface area contributed by atoms with E-state index in [2.05, 4.69) is 21.8 Å². The smallest absolute Gasteiger partial charge is 0.303 e. The first-order valence-electron chi connectivity index (χ1n) is 7.54. The molecular formula is C16H21N3O3. The number of fused-ring (bicyclic) bond motifs is 1. The number of hydrogen-bond acceptors (Lipinski definition) is 3. The summed E-state index contributed by atoms with van der Waals surface area (Å²) >= 11 is 0. The second kappa shape index (κ2) is 7.59.